The molecule has 0 aliphatic carbocycles. The molecule has 0 bridgehead atoms. The normalized spacial score (nSPS) is 27.9. The first-order valence-corrected chi connectivity index (χ1v) is 3.98. The van der Waals surface area contributed by atoms with Gasteiger partial charge in [0.25, 0.3) is 0 Å². The SMILES string of the molecule is C[C@H](N)C1(C)CCOCC1. The zero-order valence-corrected chi connectivity index (χ0v) is 6.89. The Morgan fingerprint density at radius 3 is 2.20 bits per heavy atom. The third-order valence-corrected chi connectivity index (χ3v) is 2.73. The molecule has 0 saturated carbocycles. The standard InChI is InChI=1S/C8H17NO/c1-7(9)8(2)3-5-10-6-4-8/h7H,3-6,9H2,1-2H3/t7-/m0/s1. The predicted molar refractivity (Wildman–Crippen MR) is 41.8 cm³/mol. The fourth-order valence-corrected chi connectivity index (χ4v) is 1.29. The minimum atomic E-state index is 0.302. The van der Waals surface area contributed by atoms with Gasteiger partial charge < -0.3 is 10.5 Å². The van der Waals surface area contributed by atoms with E-state index in [1.165, 1.54) is 0 Å². The maximum absolute atomic E-state index is 5.85. The largest absolute Gasteiger partial charge is 0.381 e. The Balaban J connectivity index is 2.48. The van der Waals surface area contributed by atoms with Gasteiger partial charge in [0.05, 0.1) is 0 Å². The van der Waals surface area contributed by atoms with Crippen molar-refractivity contribution in [2.24, 2.45) is 11.1 Å². The van der Waals surface area contributed by atoms with Crippen LogP contribution in [0.15, 0.2) is 0 Å². The van der Waals surface area contributed by atoms with Gasteiger partial charge in [-0.15, -0.1) is 0 Å². The van der Waals surface area contributed by atoms with Crippen LogP contribution in [0.2, 0.25) is 0 Å². The topological polar surface area (TPSA) is 35.2 Å². The molecule has 60 valence electrons. The van der Waals surface area contributed by atoms with Crippen LogP contribution in [0.25, 0.3) is 0 Å². The number of hydrogen-bond donors (Lipinski definition) is 1. The average molecular weight is 143 g/mol. The molecule has 10 heavy (non-hydrogen) atoms. The van der Waals surface area contributed by atoms with Gasteiger partial charge >= 0.3 is 0 Å². The van der Waals surface area contributed by atoms with Crippen molar-refractivity contribution < 1.29 is 4.74 Å². The zero-order chi connectivity index (χ0) is 7.61. The Hall–Kier alpha value is -0.0800. The molecule has 1 aliphatic heterocycles. The highest BCUT2D eigenvalue weighted by Gasteiger charge is 2.30. The Morgan fingerprint density at radius 1 is 1.40 bits per heavy atom. The fraction of sp³-hybridized carbons (Fsp3) is 1.00. The summed E-state index contributed by atoms with van der Waals surface area (Å²) >= 11 is 0. The van der Waals surface area contributed by atoms with Crippen molar-refractivity contribution in [3.63, 3.8) is 0 Å². The van der Waals surface area contributed by atoms with Crippen LogP contribution in [-0.2, 0) is 4.74 Å². The van der Waals surface area contributed by atoms with Crippen molar-refractivity contribution in [3.8, 4) is 0 Å². The van der Waals surface area contributed by atoms with Crippen molar-refractivity contribution in [3.05, 3.63) is 0 Å². The van der Waals surface area contributed by atoms with Gasteiger partial charge in [-0.1, -0.05) is 6.92 Å². The molecule has 2 nitrogen and oxygen atoms in total. The molecule has 0 aromatic heterocycles. The quantitative estimate of drug-likeness (QED) is 0.597. The Kier molecular flexibility index (Phi) is 2.32. The first kappa shape index (κ1) is 8.02. The third-order valence-electron chi connectivity index (χ3n) is 2.73. The minimum absolute atomic E-state index is 0.302. The lowest BCUT2D eigenvalue weighted by molar-refractivity contribution is 0.0139. The maximum Gasteiger partial charge on any atom is 0.0471 e. The molecule has 2 N–H and O–H groups in total. The lowest BCUT2D eigenvalue weighted by atomic mass is 9.77. The van der Waals surface area contributed by atoms with Crippen molar-refractivity contribution in [1.29, 1.82) is 0 Å². The van der Waals surface area contributed by atoms with E-state index in [0.29, 0.717) is 11.5 Å². The average Bonchev–Trinajstić information content (AvgIpc) is 1.89. The molecular weight excluding hydrogens is 126 g/mol. The summed E-state index contributed by atoms with van der Waals surface area (Å²) in [4.78, 5) is 0. The van der Waals surface area contributed by atoms with Crippen molar-refractivity contribution in [2.75, 3.05) is 13.2 Å². The van der Waals surface area contributed by atoms with Gasteiger partial charge in [-0.25, -0.2) is 0 Å². The molecule has 1 atom stereocenters. The molecule has 0 aromatic rings. The van der Waals surface area contributed by atoms with Crippen molar-refractivity contribution in [1.82, 2.24) is 0 Å². The Morgan fingerprint density at radius 2 is 1.90 bits per heavy atom. The number of ether oxygens (including phenoxy) is 1. The summed E-state index contributed by atoms with van der Waals surface area (Å²) < 4.78 is 5.26. The van der Waals surface area contributed by atoms with E-state index in [-0.39, 0.29) is 0 Å². The highest BCUT2D eigenvalue weighted by molar-refractivity contribution is 4.84. The first-order valence-electron chi connectivity index (χ1n) is 3.98. The van der Waals surface area contributed by atoms with Crippen LogP contribution < -0.4 is 5.73 Å². The Labute approximate surface area is 62.7 Å². The van der Waals surface area contributed by atoms with E-state index >= 15 is 0 Å². The molecule has 0 unspecified atom stereocenters. The molecule has 1 fully saturated rings. The van der Waals surface area contributed by atoms with Gasteiger partial charge in [-0.2, -0.15) is 0 Å². The van der Waals surface area contributed by atoms with Gasteiger partial charge in [0, 0.05) is 19.3 Å². The number of hydrogen-bond acceptors (Lipinski definition) is 2. The summed E-state index contributed by atoms with van der Waals surface area (Å²) in [5.41, 5.74) is 6.18. The van der Waals surface area contributed by atoms with Crippen LogP contribution in [0.4, 0.5) is 0 Å². The first-order chi connectivity index (χ1) is 4.65. The summed E-state index contributed by atoms with van der Waals surface area (Å²) in [6.07, 6.45) is 2.23. The molecule has 0 spiro atoms. The Bertz CT molecular complexity index is 106. The van der Waals surface area contributed by atoms with Crippen LogP contribution in [0.3, 0.4) is 0 Å². The van der Waals surface area contributed by atoms with Gasteiger partial charge in [0.2, 0.25) is 0 Å². The van der Waals surface area contributed by atoms with Gasteiger partial charge in [0.1, 0.15) is 0 Å². The van der Waals surface area contributed by atoms with Gasteiger partial charge in [0.15, 0.2) is 0 Å². The molecule has 2 heteroatoms. The third kappa shape index (κ3) is 1.50. The van der Waals surface area contributed by atoms with E-state index in [9.17, 15) is 0 Å². The molecule has 1 aliphatic rings. The van der Waals surface area contributed by atoms with E-state index in [4.69, 9.17) is 10.5 Å². The summed E-state index contributed by atoms with van der Waals surface area (Å²) in [7, 11) is 0. The zero-order valence-electron chi connectivity index (χ0n) is 6.89. The van der Waals surface area contributed by atoms with Crippen molar-refractivity contribution in [2.45, 2.75) is 32.7 Å². The molecule has 0 aromatic carbocycles. The monoisotopic (exact) mass is 143 g/mol. The van der Waals surface area contributed by atoms with Crippen LogP contribution in [0, 0.1) is 5.41 Å². The second kappa shape index (κ2) is 2.89. The predicted octanol–water partition coefficient (Wildman–Crippen LogP) is 1.15. The van der Waals surface area contributed by atoms with Crippen molar-refractivity contribution >= 4 is 0 Å². The summed E-state index contributed by atoms with van der Waals surface area (Å²) in [6, 6.07) is 0.302. The van der Waals surface area contributed by atoms with E-state index in [2.05, 4.69) is 13.8 Å². The summed E-state index contributed by atoms with van der Waals surface area (Å²) in [6.45, 7) is 6.11. The molecule has 1 heterocycles. The smallest absolute Gasteiger partial charge is 0.0471 e. The number of rotatable bonds is 1. The maximum atomic E-state index is 5.85. The molecule has 1 saturated heterocycles. The summed E-state index contributed by atoms with van der Waals surface area (Å²) in [5, 5.41) is 0. The lowest BCUT2D eigenvalue weighted by Gasteiger charge is -2.36. The molecular formula is C8H17NO. The van der Waals surface area contributed by atoms with Crippen LogP contribution in [0.1, 0.15) is 26.7 Å². The van der Waals surface area contributed by atoms with Crippen LogP contribution in [-0.4, -0.2) is 19.3 Å². The lowest BCUT2D eigenvalue weighted by Crippen LogP contribution is -2.41. The van der Waals surface area contributed by atoms with Crippen LogP contribution >= 0.6 is 0 Å². The fourth-order valence-electron chi connectivity index (χ4n) is 1.29. The highest BCUT2D eigenvalue weighted by Crippen LogP contribution is 2.31. The minimum Gasteiger partial charge on any atom is -0.381 e. The molecule has 1 rings (SSSR count). The highest BCUT2D eigenvalue weighted by atomic mass is 16.5. The number of nitrogens with two attached hydrogens (primary N) is 1. The molecule has 0 amide bonds. The second-order valence-corrected chi connectivity index (χ2v) is 3.56. The van der Waals surface area contributed by atoms with E-state index in [1.807, 2.05) is 0 Å². The van der Waals surface area contributed by atoms with Gasteiger partial charge in [-0.3, -0.25) is 0 Å². The van der Waals surface area contributed by atoms with E-state index in [0.717, 1.165) is 26.1 Å². The molecule has 0 radical (unpaired) electrons. The van der Waals surface area contributed by atoms with E-state index in [1.54, 1.807) is 0 Å². The van der Waals surface area contributed by atoms with E-state index < -0.39 is 0 Å². The summed E-state index contributed by atoms with van der Waals surface area (Å²) in [5.74, 6) is 0. The van der Waals surface area contributed by atoms with Gasteiger partial charge in [-0.05, 0) is 25.2 Å². The van der Waals surface area contributed by atoms with Crippen LogP contribution in [0.5, 0.6) is 0 Å². The second-order valence-electron chi connectivity index (χ2n) is 3.56.